The monoisotopic (exact) mass is 759 g/mol. The van der Waals surface area contributed by atoms with Crippen LogP contribution < -0.4 is 21.3 Å². The Labute approximate surface area is 317 Å². The second kappa shape index (κ2) is 17.7. The summed E-state index contributed by atoms with van der Waals surface area (Å²) in [6, 6.07) is -3.34. The van der Waals surface area contributed by atoms with Crippen molar-refractivity contribution in [3.8, 4) is 0 Å². The predicted octanol–water partition coefficient (Wildman–Crippen LogP) is 4.71. The molecule has 4 N–H and O–H groups in total. The average Bonchev–Trinajstić information content (AvgIpc) is 3.84. The summed E-state index contributed by atoms with van der Waals surface area (Å²) < 4.78 is 26.8. The van der Waals surface area contributed by atoms with Crippen molar-refractivity contribution in [3.05, 3.63) is 12.7 Å². The van der Waals surface area contributed by atoms with Gasteiger partial charge < -0.3 is 26.2 Å². The molecule has 12 nitrogen and oxygen atoms in total. The number of sulfone groups is 1. The van der Waals surface area contributed by atoms with Gasteiger partial charge in [-0.05, 0) is 81.0 Å². The van der Waals surface area contributed by atoms with Crippen molar-refractivity contribution in [3.63, 3.8) is 0 Å². The lowest BCUT2D eigenvalue weighted by atomic mass is 9.70. The molecule has 0 aromatic carbocycles. The van der Waals surface area contributed by atoms with Crippen LogP contribution in [0.25, 0.3) is 0 Å². The second-order valence-electron chi connectivity index (χ2n) is 17.6. The smallest absolute Gasteiger partial charge is 0.315 e. The van der Waals surface area contributed by atoms with Crippen LogP contribution >= 0.6 is 0 Å². The van der Waals surface area contributed by atoms with E-state index in [0.29, 0.717) is 51.5 Å². The maximum absolute atomic E-state index is 15.0. The zero-order valence-corrected chi connectivity index (χ0v) is 33.2. The van der Waals surface area contributed by atoms with Gasteiger partial charge in [0.2, 0.25) is 17.6 Å². The van der Waals surface area contributed by atoms with Crippen LogP contribution in [-0.4, -0.2) is 90.6 Å². The molecule has 0 spiro atoms. The van der Waals surface area contributed by atoms with Crippen molar-refractivity contribution in [1.29, 1.82) is 0 Å². The fourth-order valence-electron chi connectivity index (χ4n) is 9.92. The van der Waals surface area contributed by atoms with Gasteiger partial charge in [-0.25, -0.2) is 13.2 Å². The minimum Gasteiger partial charge on any atom is -0.346 e. The first-order valence-corrected chi connectivity index (χ1v) is 22.3. The molecule has 1 unspecified atom stereocenters. The Hall–Kier alpha value is -2.96. The second-order valence-corrected chi connectivity index (χ2v) is 19.9. The molecule has 5 aliphatic rings. The van der Waals surface area contributed by atoms with E-state index in [9.17, 15) is 27.6 Å². The fourth-order valence-corrected chi connectivity index (χ4v) is 12.3. The van der Waals surface area contributed by atoms with Gasteiger partial charge in [-0.3, -0.25) is 19.2 Å². The van der Waals surface area contributed by atoms with E-state index in [1.807, 2.05) is 6.92 Å². The van der Waals surface area contributed by atoms with E-state index in [4.69, 9.17) is 0 Å². The number of hydrogen-bond donors (Lipinski definition) is 4. The number of urea groups is 1. The first kappa shape index (κ1) is 41.2. The molecular formula is C40H65N5O7S. The predicted molar refractivity (Wildman–Crippen MR) is 204 cm³/mol. The number of ketones is 1. The van der Waals surface area contributed by atoms with Gasteiger partial charge in [0, 0.05) is 13.1 Å². The number of carbonyl (C=O) groups is 5. The summed E-state index contributed by atoms with van der Waals surface area (Å²) in [4.78, 5) is 71.3. The van der Waals surface area contributed by atoms with Gasteiger partial charge in [0.25, 0.3) is 5.91 Å². The van der Waals surface area contributed by atoms with Gasteiger partial charge in [-0.15, -0.1) is 6.58 Å². The van der Waals surface area contributed by atoms with E-state index >= 15 is 4.79 Å². The number of nitrogens with one attached hydrogen (secondary N) is 4. The summed E-state index contributed by atoms with van der Waals surface area (Å²) in [7, 11) is -3.40. The maximum Gasteiger partial charge on any atom is 0.315 e. The van der Waals surface area contributed by atoms with Crippen LogP contribution in [0.4, 0.5) is 4.79 Å². The minimum absolute atomic E-state index is 0.129. The molecule has 0 aromatic rings. The third-order valence-electron chi connectivity index (χ3n) is 12.9. The van der Waals surface area contributed by atoms with Gasteiger partial charge in [0.15, 0.2) is 9.84 Å². The molecule has 5 amide bonds. The summed E-state index contributed by atoms with van der Waals surface area (Å²) in [5.41, 5.74) is -1.46. The SMILES string of the molecule is C=CCNC(=O)C(=O)[C@H](CC1CC1)NC(=O)[C@@H]1[C@@H](CC(C)C)CCN1C(=O)[C@@H](NC(=O)NC1(C2CCCCS2(=O)=O)CCCCC1)C1(C)CCCCC1. The van der Waals surface area contributed by atoms with Crippen LogP contribution in [0.5, 0.6) is 0 Å². The lowest BCUT2D eigenvalue weighted by molar-refractivity contribution is -0.145. The lowest BCUT2D eigenvalue weighted by Crippen LogP contribution is -2.66. The van der Waals surface area contributed by atoms with Crippen molar-refractivity contribution < 1.29 is 32.4 Å². The van der Waals surface area contributed by atoms with E-state index in [2.05, 4.69) is 41.7 Å². The van der Waals surface area contributed by atoms with Crippen molar-refractivity contribution in [2.24, 2.45) is 23.2 Å². The normalized spacial score (nSPS) is 27.5. The van der Waals surface area contributed by atoms with Crippen molar-refractivity contribution >= 4 is 39.4 Å². The summed E-state index contributed by atoms with van der Waals surface area (Å²) in [6.07, 6.45) is 15.1. The van der Waals surface area contributed by atoms with E-state index in [0.717, 1.165) is 70.6 Å². The molecule has 2 saturated heterocycles. The summed E-state index contributed by atoms with van der Waals surface area (Å²) >= 11 is 0. The molecule has 5 fully saturated rings. The zero-order valence-electron chi connectivity index (χ0n) is 32.4. The highest BCUT2D eigenvalue weighted by atomic mass is 32.2. The topological polar surface area (TPSA) is 171 Å². The first-order chi connectivity index (χ1) is 25.2. The number of hydrogen-bond acceptors (Lipinski definition) is 7. The van der Waals surface area contributed by atoms with Crippen LogP contribution in [0.3, 0.4) is 0 Å². The number of rotatable bonds is 15. The van der Waals surface area contributed by atoms with Gasteiger partial charge in [0.1, 0.15) is 12.1 Å². The Balaban J connectivity index is 1.41. The number of carbonyl (C=O) groups excluding carboxylic acids is 5. The highest BCUT2D eigenvalue weighted by molar-refractivity contribution is 7.92. The molecule has 5 rings (SSSR count). The van der Waals surface area contributed by atoms with Crippen LogP contribution in [0.1, 0.15) is 136 Å². The van der Waals surface area contributed by atoms with Gasteiger partial charge in [0.05, 0.1) is 22.6 Å². The van der Waals surface area contributed by atoms with Crippen LogP contribution in [0.15, 0.2) is 12.7 Å². The quantitative estimate of drug-likeness (QED) is 0.138. The van der Waals surface area contributed by atoms with Gasteiger partial charge in [-0.1, -0.05) is 84.6 Å². The maximum atomic E-state index is 15.0. The molecule has 0 bridgehead atoms. The third-order valence-corrected chi connectivity index (χ3v) is 15.3. The number of likely N-dealkylation sites (tertiary alicyclic amines) is 1. The molecule has 0 radical (unpaired) electrons. The van der Waals surface area contributed by atoms with Crippen LogP contribution in [-0.2, 0) is 29.0 Å². The van der Waals surface area contributed by atoms with Gasteiger partial charge in [-0.2, -0.15) is 0 Å². The van der Waals surface area contributed by atoms with Crippen molar-refractivity contribution in [1.82, 2.24) is 26.2 Å². The Morgan fingerprint density at radius 1 is 0.849 bits per heavy atom. The highest BCUT2D eigenvalue weighted by Crippen LogP contribution is 2.42. The van der Waals surface area contributed by atoms with E-state index in [1.165, 1.54) is 6.08 Å². The Kier molecular flexibility index (Phi) is 13.7. The minimum atomic E-state index is -3.40. The zero-order chi connectivity index (χ0) is 38.4. The summed E-state index contributed by atoms with van der Waals surface area (Å²) in [5.74, 6) is -1.79. The molecule has 3 saturated carbocycles. The highest BCUT2D eigenvalue weighted by Gasteiger charge is 2.52. The Bertz CT molecular complexity index is 1460. The van der Waals surface area contributed by atoms with Crippen molar-refractivity contribution in [2.75, 3.05) is 18.8 Å². The average molecular weight is 760 g/mol. The molecule has 5 atom stereocenters. The summed E-state index contributed by atoms with van der Waals surface area (Å²) in [6.45, 7) is 10.3. The van der Waals surface area contributed by atoms with Gasteiger partial charge >= 0.3 is 6.03 Å². The molecule has 0 aromatic heterocycles. The number of Topliss-reactive ketones (excluding diaryl/α,β-unsaturated/α-hetero) is 1. The number of nitrogens with zero attached hydrogens (tertiary/aromatic N) is 1. The lowest BCUT2D eigenvalue weighted by Gasteiger charge is -2.46. The van der Waals surface area contributed by atoms with E-state index in [1.54, 1.807) is 4.90 Å². The first-order valence-electron chi connectivity index (χ1n) is 20.5. The Morgan fingerprint density at radius 2 is 1.51 bits per heavy atom. The summed E-state index contributed by atoms with van der Waals surface area (Å²) in [5, 5.41) is 11.1. The van der Waals surface area contributed by atoms with Crippen LogP contribution in [0, 0.1) is 23.2 Å². The van der Waals surface area contributed by atoms with E-state index in [-0.39, 0.29) is 36.0 Å². The van der Waals surface area contributed by atoms with E-state index < -0.39 is 67.8 Å². The van der Waals surface area contributed by atoms with Crippen molar-refractivity contribution in [2.45, 2.75) is 165 Å². The largest absolute Gasteiger partial charge is 0.346 e. The standard InChI is InChI=1S/C40H65N5O7S/c1-5-22-41-36(48)33(46)30(26-28-15-16-28)42-35(47)32-29(25-27(2)3)17-23-45(32)37(49)34(39(4)18-9-6-10-19-39)43-38(50)44-40(20-11-7-12-21-40)31-14-8-13-24-53(31,51)52/h5,27-32,34H,1,6-26H2,2-4H3,(H,41,48)(H,42,47)(H2,43,44,50)/t29-,30+,31?,32+,34-/m1/s1. The molecule has 53 heavy (non-hydrogen) atoms. The molecule has 2 aliphatic heterocycles. The number of amides is 5. The Morgan fingerprint density at radius 3 is 2.11 bits per heavy atom. The fraction of sp³-hybridized carbons (Fsp3) is 0.825. The molecule has 2 heterocycles. The third kappa shape index (κ3) is 10.0. The molecule has 13 heteroatoms. The molecule has 3 aliphatic carbocycles. The molecular weight excluding hydrogens is 695 g/mol. The molecule has 298 valence electrons. The van der Waals surface area contributed by atoms with Crippen LogP contribution in [0.2, 0.25) is 0 Å².